The van der Waals surface area contributed by atoms with Gasteiger partial charge in [-0.05, 0) is 11.8 Å². The van der Waals surface area contributed by atoms with Crippen molar-refractivity contribution in [3.63, 3.8) is 0 Å². The first-order valence-electron chi connectivity index (χ1n) is 4.21. The van der Waals surface area contributed by atoms with E-state index in [2.05, 4.69) is 31.1 Å². The summed E-state index contributed by atoms with van der Waals surface area (Å²) in [6.07, 6.45) is 3.16. The van der Waals surface area contributed by atoms with Gasteiger partial charge in [0.15, 0.2) is 0 Å². The predicted octanol–water partition coefficient (Wildman–Crippen LogP) is 1.11. The molecule has 0 aromatic carbocycles. The Hall–Kier alpha value is -0.340. The summed E-state index contributed by atoms with van der Waals surface area (Å²) in [6.45, 7) is 10.4. The Balaban J connectivity index is 2.53. The van der Waals surface area contributed by atoms with Crippen molar-refractivity contribution in [2.75, 3.05) is 13.2 Å². The molecule has 0 aromatic heterocycles. The monoisotopic (exact) mass is 154 g/mol. The molecule has 0 bridgehead atoms. The molecule has 1 rings (SSSR count). The van der Waals surface area contributed by atoms with Crippen molar-refractivity contribution >= 4 is 0 Å². The summed E-state index contributed by atoms with van der Waals surface area (Å²) in [5, 5.41) is 6.70. The third kappa shape index (κ3) is 2.64. The van der Waals surface area contributed by atoms with E-state index in [-0.39, 0.29) is 0 Å². The number of hydrogen-bond acceptors (Lipinski definition) is 2. The van der Waals surface area contributed by atoms with Crippen molar-refractivity contribution < 1.29 is 0 Å². The molecule has 1 unspecified atom stereocenters. The van der Waals surface area contributed by atoms with Crippen LogP contribution >= 0.6 is 0 Å². The van der Waals surface area contributed by atoms with E-state index in [1.807, 2.05) is 6.08 Å². The van der Waals surface area contributed by atoms with Gasteiger partial charge in [-0.15, -0.1) is 6.58 Å². The van der Waals surface area contributed by atoms with E-state index in [0.29, 0.717) is 11.5 Å². The molecule has 0 spiro atoms. The molecule has 1 heterocycles. The Morgan fingerprint density at radius 3 is 2.91 bits per heavy atom. The highest BCUT2D eigenvalue weighted by molar-refractivity contribution is 4.92. The van der Waals surface area contributed by atoms with Crippen LogP contribution in [0.5, 0.6) is 0 Å². The normalized spacial score (nSPS) is 30.9. The molecule has 1 fully saturated rings. The van der Waals surface area contributed by atoms with Crippen LogP contribution in [0.3, 0.4) is 0 Å². The summed E-state index contributed by atoms with van der Waals surface area (Å²) >= 11 is 0. The highest BCUT2D eigenvalue weighted by atomic mass is 15.1. The zero-order valence-corrected chi connectivity index (χ0v) is 7.48. The van der Waals surface area contributed by atoms with Crippen LogP contribution in [0.1, 0.15) is 20.3 Å². The van der Waals surface area contributed by atoms with Gasteiger partial charge in [0.2, 0.25) is 0 Å². The zero-order valence-electron chi connectivity index (χ0n) is 7.48. The van der Waals surface area contributed by atoms with Gasteiger partial charge in [-0.2, -0.15) is 0 Å². The topological polar surface area (TPSA) is 24.1 Å². The Kier molecular flexibility index (Phi) is 2.68. The molecule has 0 saturated carbocycles. The van der Waals surface area contributed by atoms with Crippen molar-refractivity contribution in [2.45, 2.75) is 26.3 Å². The first-order valence-corrected chi connectivity index (χ1v) is 4.21. The van der Waals surface area contributed by atoms with Crippen molar-refractivity contribution in [2.24, 2.45) is 5.41 Å². The summed E-state index contributed by atoms with van der Waals surface area (Å²) in [5.41, 5.74) is 0.391. The molecule has 2 nitrogen and oxygen atoms in total. The van der Waals surface area contributed by atoms with Gasteiger partial charge < -0.3 is 5.32 Å². The molecule has 1 atom stereocenters. The zero-order chi connectivity index (χ0) is 8.32. The Bertz CT molecular complexity index is 140. The number of nitrogens with one attached hydrogen (secondary N) is 2. The smallest absolute Gasteiger partial charge is 0.0459 e. The molecular formula is C9H18N2. The van der Waals surface area contributed by atoms with Crippen LogP contribution in [0.25, 0.3) is 0 Å². The molecule has 2 heteroatoms. The van der Waals surface area contributed by atoms with Gasteiger partial charge in [0.05, 0.1) is 0 Å². The average Bonchev–Trinajstić information content (AvgIpc) is 2.10. The first kappa shape index (κ1) is 8.75. The fraction of sp³-hybridized carbons (Fsp3) is 0.778. The lowest BCUT2D eigenvalue weighted by Crippen LogP contribution is -2.32. The molecule has 1 aliphatic rings. The second-order valence-electron chi connectivity index (χ2n) is 4.02. The van der Waals surface area contributed by atoms with Gasteiger partial charge in [-0.25, -0.2) is 0 Å². The Labute approximate surface area is 69.1 Å². The van der Waals surface area contributed by atoms with Gasteiger partial charge in [-0.3, -0.25) is 5.32 Å². The Morgan fingerprint density at radius 1 is 1.55 bits per heavy atom. The summed E-state index contributed by atoms with van der Waals surface area (Å²) in [7, 11) is 0. The highest BCUT2D eigenvalue weighted by Gasteiger charge is 2.23. The van der Waals surface area contributed by atoms with Crippen LogP contribution in [0, 0.1) is 5.41 Å². The van der Waals surface area contributed by atoms with E-state index < -0.39 is 0 Å². The molecule has 0 aliphatic carbocycles. The fourth-order valence-electron chi connectivity index (χ4n) is 1.51. The lowest BCUT2D eigenvalue weighted by atomic mass is 9.86. The van der Waals surface area contributed by atoms with Crippen molar-refractivity contribution in [1.82, 2.24) is 10.6 Å². The molecule has 0 aromatic rings. The van der Waals surface area contributed by atoms with Crippen LogP contribution < -0.4 is 10.6 Å². The SMILES string of the molecule is C=CC1CC(C)(C)CNCN1. The van der Waals surface area contributed by atoms with Crippen LogP contribution in [0.4, 0.5) is 0 Å². The van der Waals surface area contributed by atoms with Crippen molar-refractivity contribution in [3.8, 4) is 0 Å². The third-order valence-corrected chi connectivity index (χ3v) is 2.15. The second kappa shape index (κ2) is 3.37. The Morgan fingerprint density at radius 2 is 2.27 bits per heavy atom. The third-order valence-electron chi connectivity index (χ3n) is 2.15. The van der Waals surface area contributed by atoms with E-state index >= 15 is 0 Å². The molecule has 0 amide bonds. The summed E-state index contributed by atoms with van der Waals surface area (Å²) in [5.74, 6) is 0. The largest absolute Gasteiger partial charge is 0.304 e. The van der Waals surface area contributed by atoms with E-state index in [4.69, 9.17) is 0 Å². The van der Waals surface area contributed by atoms with Gasteiger partial charge in [0.1, 0.15) is 0 Å². The van der Waals surface area contributed by atoms with Crippen LogP contribution in [0.15, 0.2) is 12.7 Å². The summed E-state index contributed by atoms with van der Waals surface area (Å²) in [4.78, 5) is 0. The molecule has 64 valence electrons. The van der Waals surface area contributed by atoms with Crippen molar-refractivity contribution in [3.05, 3.63) is 12.7 Å². The average molecular weight is 154 g/mol. The fourth-order valence-corrected chi connectivity index (χ4v) is 1.51. The highest BCUT2D eigenvalue weighted by Crippen LogP contribution is 2.22. The molecule has 1 aliphatic heterocycles. The number of hydrogen-bond donors (Lipinski definition) is 2. The standard InChI is InChI=1S/C9H18N2/c1-4-8-5-9(2,3)6-10-7-11-8/h4,8,10-11H,1,5-7H2,2-3H3. The van der Waals surface area contributed by atoms with E-state index in [9.17, 15) is 0 Å². The maximum atomic E-state index is 3.80. The van der Waals surface area contributed by atoms with Crippen LogP contribution in [-0.2, 0) is 0 Å². The van der Waals surface area contributed by atoms with Crippen LogP contribution in [-0.4, -0.2) is 19.3 Å². The molecule has 11 heavy (non-hydrogen) atoms. The van der Waals surface area contributed by atoms with E-state index in [1.54, 1.807) is 0 Å². The maximum absolute atomic E-state index is 3.80. The van der Waals surface area contributed by atoms with Crippen molar-refractivity contribution in [1.29, 1.82) is 0 Å². The molecule has 1 saturated heterocycles. The maximum Gasteiger partial charge on any atom is 0.0459 e. The second-order valence-corrected chi connectivity index (χ2v) is 4.02. The van der Waals surface area contributed by atoms with Gasteiger partial charge in [0.25, 0.3) is 0 Å². The van der Waals surface area contributed by atoms with E-state index in [1.165, 1.54) is 6.42 Å². The lowest BCUT2D eigenvalue weighted by molar-refractivity contribution is 0.327. The minimum absolute atomic E-state index is 0.391. The van der Waals surface area contributed by atoms with Gasteiger partial charge in [-0.1, -0.05) is 19.9 Å². The molecule has 0 radical (unpaired) electrons. The summed E-state index contributed by atoms with van der Waals surface area (Å²) < 4.78 is 0. The molecular weight excluding hydrogens is 136 g/mol. The van der Waals surface area contributed by atoms with Gasteiger partial charge in [0, 0.05) is 19.3 Å². The quantitative estimate of drug-likeness (QED) is 0.553. The van der Waals surface area contributed by atoms with Gasteiger partial charge >= 0.3 is 0 Å². The minimum Gasteiger partial charge on any atom is -0.304 e. The predicted molar refractivity (Wildman–Crippen MR) is 48.4 cm³/mol. The number of rotatable bonds is 1. The minimum atomic E-state index is 0.391. The molecule has 2 N–H and O–H groups in total. The summed E-state index contributed by atoms with van der Waals surface area (Å²) in [6, 6.07) is 0.472. The van der Waals surface area contributed by atoms with Crippen LogP contribution in [0.2, 0.25) is 0 Å². The van der Waals surface area contributed by atoms with E-state index in [0.717, 1.165) is 13.2 Å². The lowest BCUT2D eigenvalue weighted by Gasteiger charge is -2.24. The first-order chi connectivity index (χ1) is 5.14.